The molecule has 0 rings (SSSR count). The molecule has 0 aliphatic rings. The molecule has 1 unspecified atom stereocenters. The molecule has 0 fully saturated rings. The maximum absolute atomic E-state index is 5.59. The van der Waals surface area contributed by atoms with Crippen LogP contribution in [0.4, 0.5) is 0 Å². The van der Waals surface area contributed by atoms with E-state index < -0.39 is 0 Å². The number of hydrogen-bond acceptors (Lipinski definition) is 3. The molecule has 16 heavy (non-hydrogen) atoms. The van der Waals surface area contributed by atoms with Crippen molar-refractivity contribution in [2.75, 3.05) is 26.1 Å². The second-order valence-electron chi connectivity index (χ2n) is 4.34. The number of ether oxygens (including phenoxy) is 2. The molecule has 0 aliphatic carbocycles. The summed E-state index contributed by atoms with van der Waals surface area (Å²) < 4.78 is 10.6. The molecular weight excluding hydrogens is 220 g/mol. The van der Waals surface area contributed by atoms with Crippen molar-refractivity contribution in [3.05, 3.63) is 0 Å². The standard InChI is InChI=1S/C13H28O2S/c1-13(12-14-2)15-10-8-6-4-3-5-7-9-11-16/h13,16H,3-12H2,1-2H3. The van der Waals surface area contributed by atoms with E-state index in [1.165, 1.54) is 44.9 Å². The van der Waals surface area contributed by atoms with Crippen LogP contribution in [0.2, 0.25) is 0 Å². The summed E-state index contributed by atoms with van der Waals surface area (Å²) >= 11 is 4.20. The number of thiol groups is 1. The van der Waals surface area contributed by atoms with Crippen LogP contribution >= 0.6 is 12.6 Å². The highest BCUT2D eigenvalue weighted by Crippen LogP contribution is 2.08. The van der Waals surface area contributed by atoms with Crippen molar-refractivity contribution in [3.63, 3.8) is 0 Å². The Morgan fingerprint density at radius 3 is 2.06 bits per heavy atom. The van der Waals surface area contributed by atoms with Crippen LogP contribution in [0.5, 0.6) is 0 Å². The quantitative estimate of drug-likeness (QED) is 0.419. The zero-order valence-electron chi connectivity index (χ0n) is 10.9. The molecule has 0 aromatic rings. The first-order valence-electron chi connectivity index (χ1n) is 6.52. The molecule has 0 radical (unpaired) electrons. The van der Waals surface area contributed by atoms with Crippen molar-refractivity contribution in [1.29, 1.82) is 0 Å². The van der Waals surface area contributed by atoms with Crippen LogP contribution < -0.4 is 0 Å². The van der Waals surface area contributed by atoms with E-state index in [9.17, 15) is 0 Å². The molecule has 0 aliphatic heterocycles. The van der Waals surface area contributed by atoms with E-state index in [2.05, 4.69) is 19.6 Å². The average Bonchev–Trinajstić information content (AvgIpc) is 2.27. The van der Waals surface area contributed by atoms with Crippen molar-refractivity contribution in [1.82, 2.24) is 0 Å². The molecule has 0 saturated heterocycles. The second-order valence-corrected chi connectivity index (χ2v) is 4.78. The van der Waals surface area contributed by atoms with Gasteiger partial charge in [0.25, 0.3) is 0 Å². The van der Waals surface area contributed by atoms with Crippen molar-refractivity contribution in [3.8, 4) is 0 Å². The van der Waals surface area contributed by atoms with Gasteiger partial charge in [0, 0.05) is 13.7 Å². The highest BCUT2D eigenvalue weighted by Gasteiger charge is 1.99. The lowest BCUT2D eigenvalue weighted by Gasteiger charge is -2.11. The SMILES string of the molecule is COCC(C)OCCCCCCCCCS. The van der Waals surface area contributed by atoms with Gasteiger partial charge in [-0.05, 0) is 25.5 Å². The van der Waals surface area contributed by atoms with E-state index >= 15 is 0 Å². The first-order valence-corrected chi connectivity index (χ1v) is 7.16. The van der Waals surface area contributed by atoms with Crippen molar-refractivity contribution in [2.24, 2.45) is 0 Å². The molecule has 0 saturated carbocycles. The second kappa shape index (κ2) is 13.3. The van der Waals surface area contributed by atoms with Crippen molar-refractivity contribution >= 4 is 12.6 Å². The zero-order chi connectivity index (χ0) is 12.1. The normalized spacial score (nSPS) is 12.9. The largest absolute Gasteiger partial charge is 0.382 e. The summed E-state index contributed by atoms with van der Waals surface area (Å²) in [7, 11) is 1.71. The minimum atomic E-state index is 0.236. The smallest absolute Gasteiger partial charge is 0.0780 e. The number of methoxy groups -OCH3 is 1. The molecule has 0 heterocycles. The summed E-state index contributed by atoms with van der Waals surface area (Å²) in [6, 6.07) is 0. The van der Waals surface area contributed by atoms with E-state index in [1.807, 2.05) is 0 Å². The first kappa shape index (κ1) is 16.3. The lowest BCUT2D eigenvalue weighted by Crippen LogP contribution is -2.15. The minimum Gasteiger partial charge on any atom is -0.382 e. The Balaban J connectivity index is 2.98. The third kappa shape index (κ3) is 12.3. The highest BCUT2D eigenvalue weighted by molar-refractivity contribution is 7.80. The monoisotopic (exact) mass is 248 g/mol. The van der Waals surface area contributed by atoms with E-state index in [-0.39, 0.29) is 6.10 Å². The van der Waals surface area contributed by atoms with E-state index in [0.29, 0.717) is 6.61 Å². The minimum absolute atomic E-state index is 0.236. The molecule has 0 amide bonds. The van der Waals surface area contributed by atoms with Crippen LogP contribution in [-0.4, -0.2) is 32.2 Å². The van der Waals surface area contributed by atoms with E-state index in [0.717, 1.165) is 12.4 Å². The van der Waals surface area contributed by atoms with Gasteiger partial charge in [0.05, 0.1) is 12.7 Å². The molecule has 2 nitrogen and oxygen atoms in total. The van der Waals surface area contributed by atoms with Gasteiger partial charge in [-0.25, -0.2) is 0 Å². The number of rotatable bonds is 12. The van der Waals surface area contributed by atoms with E-state index in [4.69, 9.17) is 9.47 Å². The third-order valence-corrected chi connectivity index (χ3v) is 2.92. The van der Waals surface area contributed by atoms with Crippen LogP contribution in [-0.2, 0) is 9.47 Å². The Bertz CT molecular complexity index is 131. The van der Waals surface area contributed by atoms with Gasteiger partial charge in [0.1, 0.15) is 0 Å². The highest BCUT2D eigenvalue weighted by atomic mass is 32.1. The molecule has 0 aromatic heterocycles. The fourth-order valence-corrected chi connectivity index (χ4v) is 1.89. The summed E-state index contributed by atoms with van der Waals surface area (Å²) in [6.07, 6.45) is 9.38. The fraction of sp³-hybridized carbons (Fsp3) is 1.00. The number of unbranched alkanes of at least 4 members (excludes halogenated alkanes) is 6. The number of hydrogen-bond donors (Lipinski definition) is 1. The van der Waals surface area contributed by atoms with Gasteiger partial charge in [-0.15, -0.1) is 0 Å². The van der Waals surface area contributed by atoms with Crippen LogP contribution in [0, 0.1) is 0 Å². The Labute approximate surface area is 107 Å². The summed E-state index contributed by atoms with van der Waals surface area (Å²) in [6.45, 7) is 3.63. The van der Waals surface area contributed by atoms with Crippen LogP contribution in [0.15, 0.2) is 0 Å². The maximum Gasteiger partial charge on any atom is 0.0780 e. The average molecular weight is 248 g/mol. The lowest BCUT2D eigenvalue weighted by molar-refractivity contribution is 0.00763. The van der Waals surface area contributed by atoms with Gasteiger partial charge in [0.15, 0.2) is 0 Å². The third-order valence-electron chi connectivity index (χ3n) is 2.61. The van der Waals surface area contributed by atoms with Gasteiger partial charge in [-0.2, -0.15) is 12.6 Å². The van der Waals surface area contributed by atoms with Gasteiger partial charge in [-0.3, -0.25) is 0 Å². The first-order chi connectivity index (χ1) is 7.81. The maximum atomic E-state index is 5.59. The molecule has 0 bridgehead atoms. The molecule has 1 atom stereocenters. The predicted molar refractivity (Wildman–Crippen MR) is 73.5 cm³/mol. The van der Waals surface area contributed by atoms with E-state index in [1.54, 1.807) is 7.11 Å². The molecule has 0 aromatic carbocycles. The molecule has 0 N–H and O–H groups in total. The molecular formula is C13H28O2S. The van der Waals surface area contributed by atoms with Crippen LogP contribution in [0.3, 0.4) is 0 Å². The topological polar surface area (TPSA) is 18.5 Å². The van der Waals surface area contributed by atoms with Gasteiger partial charge >= 0.3 is 0 Å². The van der Waals surface area contributed by atoms with Gasteiger partial charge in [0.2, 0.25) is 0 Å². The Hall–Kier alpha value is 0.270. The summed E-state index contributed by atoms with van der Waals surface area (Å²) in [5.41, 5.74) is 0. The van der Waals surface area contributed by atoms with Crippen molar-refractivity contribution in [2.45, 2.75) is 58.0 Å². The lowest BCUT2D eigenvalue weighted by atomic mass is 10.1. The summed E-state index contributed by atoms with van der Waals surface area (Å²) in [5.74, 6) is 1.03. The Morgan fingerprint density at radius 2 is 1.50 bits per heavy atom. The van der Waals surface area contributed by atoms with Crippen LogP contribution in [0.25, 0.3) is 0 Å². The Kier molecular flexibility index (Phi) is 13.6. The Morgan fingerprint density at radius 1 is 0.938 bits per heavy atom. The molecule has 3 heteroatoms. The summed E-state index contributed by atoms with van der Waals surface area (Å²) in [4.78, 5) is 0. The molecule has 0 spiro atoms. The van der Waals surface area contributed by atoms with Crippen molar-refractivity contribution < 1.29 is 9.47 Å². The summed E-state index contributed by atoms with van der Waals surface area (Å²) in [5, 5.41) is 0. The predicted octanol–water partition coefficient (Wildman–Crippen LogP) is 3.70. The van der Waals surface area contributed by atoms with Gasteiger partial charge < -0.3 is 9.47 Å². The fourth-order valence-electron chi connectivity index (χ4n) is 1.67. The zero-order valence-corrected chi connectivity index (χ0v) is 11.8. The van der Waals surface area contributed by atoms with Crippen LogP contribution in [0.1, 0.15) is 51.9 Å². The van der Waals surface area contributed by atoms with Gasteiger partial charge in [-0.1, -0.05) is 32.1 Å². The molecule has 98 valence electrons.